The predicted octanol–water partition coefficient (Wildman–Crippen LogP) is 3.88. The van der Waals surface area contributed by atoms with Crippen LogP contribution >= 0.6 is 0 Å². The third kappa shape index (κ3) is 6.09. The maximum absolute atomic E-state index is 12.8. The van der Waals surface area contributed by atoms with Crippen LogP contribution in [0.2, 0.25) is 0 Å². The Morgan fingerprint density at radius 3 is 2.16 bits per heavy atom. The molecule has 236 valence electrons. The second-order valence-electron chi connectivity index (χ2n) is 13.2. The summed E-state index contributed by atoms with van der Waals surface area (Å²) in [7, 11) is 2.17. The average Bonchev–Trinajstić information content (AvgIpc) is 3.76. The van der Waals surface area contributed by atoms with Gasteiger partial charge in [0.05, 0.1) is 44.1 Å². The molecule has 2 unspecified atom stereocenters. The Bertz CT molecular complexity index is 1490. The first-order valence-corrected chi connectivity index (χ1v) is 16.4. The third-order valence-electron chi connectivity index (χ3n) is 10.0. The summed E-state index contributed by atoms with van der Waals surface area (Å²) in [5.74, 6) is 2.64. The number of likely N-dealkylation sites (N-methyl/N-ethyl adjacent to an activating group) is 1. The summed E-state index contributed by atoms with van der Waals surface area (Å²) in [6.07, 6.45) is 3.60. The van der Waals surface area contributed by atoms with E-state index in [1.807, 2.05) is 36.4 Å². The fourth-order valence-electron chi connectivity index (χ4n) is 7.47. The summed E-state index contributed by atoms with van der Waals surface area (Å²) in [6, 6.07) is 18.9. The van der Waals surface area contributed by atoms with E-state index in [9.17, 15) is 4.79 Å². The van der Waals surface area contributed by atoms with Crippen molar-refractivity contribution in [2.24, 2.45) is 0 Å². The van der Waals surface area contributed by atoms with E-state index in [0.29, 0.717) is 29.6 Å². The number of ether oxygens (including phenoxy) is 2. The molecule has 11 heteroatoms. The van der Waals surface area contributed by atoms with Crippen molar-refractivity contribution >= 4 is 29.0 Å². The molecule has 5 saturated heterocycles. The standard InChI is InChI=1S/C34H42N8O3/c1-39-12-14-40(15-13-39)18-23-2-6-25(7-3-23)35-34(43)36-26-8-4-24(5-9-26)33-37-31(41-19-30-16-29(41)22-45-30)17-32(38-33)42-27-10-11-28(42)21-44-20-27/h2-9,17,27-30H,10-16,18-22H2,1H3,(H2,35,36,43)/t27?,28?,29-,30-/m1/s1. The number of amides is 2. The largest absolute Gasteiger partial charge is 0.377 e. The van der Waals surface area contributed by atoms with E-state index >= 15 is 0 Å². The fourth-order valence-corrected chi connectivity index (χ4v) is 7.47. The molecule has 3 aromatic rings. The minimum atomic E-state index is -0.274. The molecule has 8 rings (SSSR count). The normalized spacial score (nSPS) is 26.4. The number of rotatable bonds is 7. The molecule has 0 radical (unpaired) electrons. The monoisotopic (exact) mass is 610 g/mol. The number of carbonyl (C=O) groups is 1. The number of aromatic nitrogens is 2. The molecule has 4 atom stereocenters. The first kappa shape index (κ1) is 28.7. The van der Waals surface area contributed by atoms with Crippen LogP contribution in [0, 0.1) is 0 Å². The van der Waals surface area contributed by atoms with Gasteiger partial charge >= 0.3 is 6.03 Å². The van der Waals surface area contributed by atoms with Crippen LogP contribution in [0.3, 0.4) is 0 Å². The molecule has 45 heavy (non-hydrogen) atoms. The van der Waals surface area contributed by atoms with Crippen molar-refractivity contribution in [2.45, 2.75) is 50.0 Å². The minimum absolute atomic E-state index is 0.274. The van der Waals surface area contributed by atoms with Crippen molar-refractivity contribution in [2.75, 3.05) is 80.0 Å². The van der Waals surface area contributed by atoms with Gasteiger partial charge in [0.1, 0.15) is 11.6 Å². The summed E-state index contributed by atoms with van der Waals surface area (Å²) >= 11 is 0. The summed E-state index contributed by atoms with van der Waals surface area (Å²) in [4.78, 5) is 32.7. The second-order valence-corrected chi connectivity index (χ2v) is 13.2. The molecule has 1 aromatic heterocycles. The topological polar surface area (TPSA) is 98.3 Å². The van der Waals surface area contributed by atoms with Crippen LogP contribution in [-0.2, 0) is 16.0 Å². The SMILES string of the molecule is CN1CCN(Cc2ccc(NC(=O)Nc3ccc(-c4nc(N5C6CCC5COC6)cc(N5C[C@H]6C[C@@H]5CO6)n4)cc3)cc2)CC1. The van der Waals surface area contributed by atoms with Gasteiger partial charge in [-0.05, 0) is 68.3 Å². The van der Waals surface area contributed by atoms with E-state index in [-0.39, 0.29) is 12.1 Å². The Labute approximate surface area is 264 Å². The molecule has 0 aliphatic carbocycles. The number of urea groups is 1. The number of piperazine rings is 1. The Balaban J connectivity index is 0.946. The quantitative estimate of drug-likeness (QED) is 0.413. The van der Waals surface area contributed by atoms with Crippen molar-refractivity contribution in [3.8, 4) is 11.4 Å². The van der Waals surface area contributed by atoms with Crippen LogP contribution in [0.25, 0.3) is 11.4 Å². The molecule has 0 spiro atoms. The number of benzene rings is 2. The highest BCUT2D eigenvalue weighted by atomic mass is 16.5. The Hall–Kier alpha value is -3.77. The third-order valence-corrected chi connectivity index (χ3v) is 10.0. The molecular formula is C34H42N8O3. The molecule has 6 heterocycles. The number of carbonyl (C=O) groups excluding carboxylic acids is 1. The van der Waals surface area contributed by atoms with Gasteiger partial charge in [0.25, 0.3) is 0 Å². The van der Waals surface area contributed by atoms with Gasteiger partial charge in [-0.1, -0.05) is 12.1 Å². The van der Waals surface area contributed by atoms with Gasteiger partial charge in [0.2, 0.25) is 0 Å². The highest BCUT2D eigenvalue weighted by molar-refractivity contribution is 5.99. The summed E-state index contributed by atoms with van der Waals surface area (Å²) in [6.45, 7) is 8.42. The lowest BCUT2D eigenvalue weighted by Gasteiger charge is -2.36. The zero-order valence-corrected chi connectivity index (χ0v) is 25.9. The van der Waals surface area contributed by atoms with Gasteiger partial charge in [-0.2, -0.15) is 0 Å². The summed E-state index contributed by atoms with van der Waals surface area (Å²) in [5.41, 5.74) is 3.64. The number of anilines is 4. The van der Waals surface area contributed by atoms with Crippen LogP contribution < -0.4 is 20.4 Å². The summed E-state index contributed by atoms with van der Waals surface area (Å²) in [5, 5.41) is 5.92. The first-order chi connectivity index (χ1) is 22.0. The highest BCUT2D eigenvalue weighted by Crippen LogP contribution is 2.38. The van der Waals surface area contributed by atoms with Crippen LogP contribution in [0.4, 0.5) is 27.8 Å². The molecule has 5 aliphatic heterocycles. The van der Waals surface area contributed by atoms with Crippen molar-refractivity contribution in [3.05, 3.63) is 60.2 Å². The molecule has 2 amide bonds. The number of hydrogen-bond acceptors (Lipinski definition) is 9. The fraction of sp³-hybridized carbons (Fsp3) is 0.500. The van der Waals surface area contributed by atoms with Crippen molar-refractivity contribution in [1.82, 2.24) is 19.8 Å². The Morgan fingerprint density at radius 1 is 0.844 bits per heavy atom. The molecule has 2 aromatic carbocycles. The van der Waals surface area contributed by atoms with E-state index in [1.165, 1.54) is 5.56 Å². The van der Waals surface area contributed by atoms with Crippen molar-refractivity contribution < 1.29 is 14.3 Å². The zero-order valence-electron chi connectivity index (χ0n) is 25.9. The van der Waals surface area contributed by atoms with Gasteiger partial charge in [-0.3, -0.25) is 4.90 Å². The average molecular weight is 611 g/mol. The highest BCUT2D eigenvalue weighted by Gasteiger charge is 2.42. The first-order valence-electron chi connectivity index (χ1n) is 16.4. The van der Waals surface area contributed by atoms with Gasteiger partial charge in [-0.25, -0.2) is 14.8 Å². The van der Waals surface area contributed by atoms with Gasteiger partial charge in [-0.15, -0.1) is 0 Å². The Morgan fingerprint density at radius 2 is 1.51 bits per heavy atom. The maximum atomic E-state index is 12.8. The molecule has 5 fully saturated rings. The van der Waals surface area contributed by atoms with E-state index in [2.05, 4.69) is 55.5 Å². The molecule has 11 nitrogen and oxygen atoms in total. The number of nitrogens with zero attached hydrogens (tertiary/aromatic N) is 6. The van der Waals surface area contributed by atoms with E-state index in [4.69, 9.17) is 19.4 Å². The predicted molar refractivity (Wildman–Crippen MR) is 175 cm³/mol. The van der Waals surface area contributed by atoms with Crippen LogP contribution in [0.1, 0.15) is 24.8 Å². The zero-order chi connectivity index (χ0) is 30.3. The minimum Gasteiger partial charge on any atom is -0.377 e. The molecule has 4 bridgehead atoms. The number of hydrogen-bond donors (Lipinski definition) is 2. The van der Waals surface area contributed by atoms with E-state index in [1.54, 1.807) is 0 Å². The molecule has 5 aliphatic rings. The number of nitrogens with one attached hydrogen (secondary N) is 2. The molecule has 0 saturated carbocycles. The van der Waals surface area contributed by atoms with Crippen LogP contribution in [0.5, 0.6) is 0 Å². The molecular weight excluding hydrogens is 568 g/mol. The smallest absolute Gasteiger partial charge is 0.323 e. The summed E-state index contributed by atoms with van der Waals surface area (Å²) < 4.78 is 11.7. The van der Waals surface area contributed by atoms with Gasteiger partial charge in [0.15, 0.2) is 5.82 Å². The number of morpholine rings is 2. The lowest BCUT2D eigenvalue weighted by atomic mass is 10.1. The van der Waals surface area contributed by atoms with Crippen LogP contribution in [0.15, 0.2) is 54.6 Å². The van der Waals surface area contributed by atoms with Gasteiger partial charge < -0.3 is 34.8 Å². The lowest BCUT2D eigenvalue weighted by molar-refractivity contribution is 0.0902. The van der Waals surface area contributed by atoms with Gasteiger partial charge in [0, 0.05) is 62.3 Å². The van der Waals surface area contributed by atoms with E-state index < -0.39 is 0 Å². The van der Waals surface area contributed by atoms with Crippen molar-refractivity contribution in [3.63, 3.8) is 0 Å². The molecule has 2 N–H and O–H groups in total. The van der Waals surface area contributed by atoms with Crippen LogP contribution in [-0.4, -0.2) is 110 Å². The lowest BCUT2D eigenvalue weighted by Crippen LogP contribution is -2.46. The second kappa shape index (κ2) is 12.2. The van der Waals surface area contributed by atoms with E-state index in [0.717, 1.165) is 101 Å². The Kier molecular flexibility index (Phi) is 7.78. The maximum Gasteiger partial charge on any atom is 0.323 e. The van der Waals surface area contributed by atoms with Crippen molar-refractivity contribution in [1.29, 1.82) is 0 Å². The number of fused-ring (bicyclic) bond motifs is 4.